The van der Waals surface area contributed by atoms with Crippen molar-refractivity contribution in [3.63, 3.8) is 0 Å². The molecule has 0 bridgehead atoms. The second-order valence-electron chi connectivity index (χ2n) is 5.42. The van der Waals surface area contributed by atoms with Crippen LogP contribution in [-0.4, -0.2) is 33.4 Å². The predicted octanol–water partition coefficient (Wildman–Crippen LogP) is 2.47. The summed E-state index contributed by atoms with van der Waals surface area (Å²) in [5, 5.41) is 3.33. The summed E-state index contributed by atoms with van der Waals surface area (Å²) in [6, 6.07) is 6.09. The van der Waals surface area contributed by atoms with Gasteiger partial charge >= 0.3 is 0 Å². The zero-order valence-corrected chi connectivity index (χ0v) is 12.9. The minimum atomic E-state index is 0.507. The molecule has 1 rings (SSSR count). The molecule has 0 aliphatic carbocycles. The summed E-state index contributed by atoms with van der Waals surface area (Å²) in [5.74, 6) is 1.30. The van der Waals surface area contributed by atoms with Gasteiger partial charge in [0.1, 0.15) is 5.75 Å². The van der Waals surface area contributed by atoms with Crippen LogP contribution in [0.3, 0.4) is 0 Å². The maximum absolute atomic E-state index is 6.02. The fourth-order valence-corrected chi connectivity index (χ4v) is 1.86. The topological polar surface area (TPSA) is 56.5 Å². The number of hydrogen-bond donors (Lipinski definition) is 2. The van der Waals surface area contributed by atoms with Gasteiger partial charge in [-0.25, -0.2) is 0 Å². The fraction of sp³-hybridized carbons (Fsp3) is 0.625. The first kappa shape index (κ1) is 16.8. The number of aryl methyl sites for hydroxylation is 1. The normalized spacial score (nSPS) is 11.0. The Morgan fingerprint density at radius 2 is 2.05 bits per heavy atom. The standard InChI is InChI=1S/C16H28N2O2/c1-13(2)12-20-16-7-6-14(11-15(16)17)5-4-8-18-9-10-19-3/h6-7,11,13,18H,4-5,8-10,12,17H2,1-3H3. The SMILES string of the molecule is COCCNCCCc1ccc(OCC(C)C)c(N)c1. The van der Waals surface area contributed by atoms with E-state index in [1.54, 1.807) is 7.11 Å². The van der Waals surface area contributed by atoms with Crippen molar-refractivity contribution in [1.29, 1.82) is 0 Å². The number of rotatable bonds is 10. The minimum absolute atomic E-state index is 0.507. The highest BCUT2D eigenvalue weighted by Gasteiger charge is 2.03. The van der Waals surface area contributed by atoms with Crippen LogP contribution in [0.2, 0.25) is 0 Å². The van der Waals surface area contributed by atoms with Crippen LogP contribution in [0, 0.1) is 5.92 Å². The highest BCUT2D eigenvalue weighted by Crippen LogP contribution is 2.23. The van der Waals surface area contributed by atoms with Crippen LogP contribution in [0.1, 0.15) is 25.8 Å². The number of hydrogen-bond acceptors (Lipinski definition) is 4. The Labute approximate surface area is 122 Å². The Hall–Kier alpha value is -1.26. The van der Waals surface area contributed by atoms with Crippen molar-refractivity contribution < 1.29 is 9.47 Å². The van der Waals surface area contributed by atoms with E-state index in [0.717, 1.165) is 44.0 Å². The molecule has 1 aromatic rings. The van der Waals surface area contributed by atoms with Crippen molar-refractivity contribution in [3.8, 4) is 5.75 Å². The highest BCUT2D eigenvalue weighted by molar-refractivity contribution is 5.54. The third-order valence-electron chi connectivity index (χ3n) is 2.95. The van der Waals surface area contributed by atoms with Crippen LogP contribution in [0.5, 0.6) is 5.75 Å². The van der Waals surface area contributed by atoms with Crippen LogP contribution in [0.4, 0.5) is 5.69 Å². The van der Waals surface area contributed by atoms with Gasteiger partial charge in [-0.05, 0) is 43.0 Å². The van der Waals surface area contributed by atoms with Gasteiger partial charge in [0.2, 0.25) is 0 Å². The van der Waals surface area contributed by atoms with Crippen molar-refractivity contribution in [1.82, 2.24) is 5.32 Å². The second kappa shape index (κ2) is 9.61. The molecule has 0 fully saturated rings. The van der Waals surface area contributed by atoms with E-state index in [1.165, 1.54) is 5.56 Å². The van der Waals surface area contributed by atoms with E-state index in [0.29, 0.717) is 12.5 Å². The molecule has 3 N–H and O–H groups in total. The molecule has 0 radical (unpaired) electrons. The average molecular weight is 280 g/mol. The molecule has 0 spiro atoms. The largest absolute Gasteiger partial charge is 0.491 e. The van der Waals surface area contributed by atoms with Crippen LogP contribution < -0.4 is 15.8 Å². The van der Waals surface area contributed by atoms with Crippen LogP contribution >= 0.6 is 0 Å². The molecule has 1 aromatic carbocycles. The Bertz CT molecular complexity index is 381. The van der Waals surface area contributed by atoms with Gasteiger partial charge in [0.05, 0.1) is 18.9 Å². The molecule has 0 aliphatic heterocycles. The molecule has 0 heterocycles. The third kappa shape index (κ3) is 6.78. The van der Waals surface area contributed by atoms with Gasteiger partial charge in [0.15, 0.2) is 0 Å². The molecule has 0 saturated carbocycles. The molecule has 0 saturated heterocycles. The van der Waals surface area contributed by atoms with Crippen LogP contribution in [-0.2, 0) is 11.2 Å². The minimum Gasteiger partial charge on any atom is -0.491 e. The van der Waals surface area contributed by atoms with E-state index in [2.05, 4.69) is 25.2 Å². The predicted molar refractivity (Wildman–Crippen MR) is 84.3 cm³/mol. The lowest BCUT2D eigenvalue weighted by atomic mass is 10.1. The molecule has 0 unspecified atom stereocenters. The summed E-state index contributed by atoms with van der Waals surface area (Å²) < 4.78 is 10.7. The first-order valence-electron chi connectivity index (χ1n) is 7.34. The van der Waals surface area contributed by atoms with Crippen molar-refractivity contribution in [2.75, 3.05) is 39.1 Å². The van der Waals surface area contributed by atoms with Gasteiger partial charge in [0, 0.05) is 13.7 Å². The zero-order chi connectivity index (χ0) is 14.8. The number of nitrogens with one attached hydrogen (secondary N) is 1. The smallest absolute Gasteiger partial charge is 0.142 e. The van der Waals surface area contributed by atoms with Gasteiger partial charge in [-0.15, -0.1) is 0 Å². The van der Waals surface area contributed by atoms with Crippen molar-refractivity contribution in [3.05, 3.63) is 23.8 Å². The number of benzene rings is 1. The van der Waals surface area contributed by atoms with Gasteiger partial charge in [-0.3, -0.25) is 0 Å². The summed E-state index contributed by atoms with van der Waals surface area (Å²) >= 11 is 0. The molecule has 4 heteroatoms. The molecule has 0 atom stereocenters. The number of methoxy groups -OCH3 is 1. The van der Waals surface area contributed by atoms with Crippen LogP contribution in [0.25, 0.3) is 0 Å². The number of anilines is 1. The monoisotopic (exact) mass is 280 g/mol. The fourth-order valence-electron chi connectivity index (χ4n) is 1.86. The van der Waals surface area contributed by atoms with E-state index in [-0.39, 0.29) is 0 Å². The van der Waals surface area contributed by atoms with E-state index in [4.69, 9.17) is 15.2 Å². The van der Waals surface area contributed by atoms with E-state index in [9.17, 15) is 0 Å². The first-order valence-corrected chi connectivity index (χ1v) is 7.34. The lowest BCUT2D eigenvalue weighted by Crippen LogP contribution is -2.20. The van der Waals surface area contributed by atoms with E-state index in [1.807, 2.05) is 12.1 Å². The van der Waals surface area contributed by atoms with E-state index >= 15 is 0 Å². The molecule has 0 amide bonds. The van der Waals surface area contributed by atoms with Crippen molar-refractivity contribution in [2.24, 2.45) is 5.92 Å². The molecular formula is C16H28N2O2. The lowest BCUT2D eigenvalue weighted by Gasteiger charge is -2.12. The molecule has 0 aromatic heterocycles. The number of nitrogens with two attached hydrogens (primary N) is 1. The molecule has 114 valence electrons. The van der Waals surface area contributed by atoms with Gasteiger partial charge in [0.25, 0.3) is 0 Å². The number of nitrogen functional groups attached to an aromatic ring is 1. The molecule has 20 heavy (non-hydrogen) atoms. The zero-order valence-electron chi connectivity index (χ0n) is 12.9. The van der Waals surface area contributed by atoms with Crippen molar-refractivity contribution >= 4 is 5.69 Å². The van der Waals surface area contributed by atoms with Crippen LogP contribution in [0.15, 0.2) is 18.2 Å². The molecular weight excluding hydrogens is 252 g/mol. The van der Waals surface area contributed by atoms with Gasteiger partial charge in [-0.2, -0.15) is 0 Å². The quantitative estimate of drug-likeness (QED) is 0.510. The first-order chi connectivity index (χ1) is 9.63. The second-order valence-corrected chi connectivity index (χ2v) is 5.42. The third-order valence-corrected chi connectivity index (χ3v) is 2.95. The molecule has 4 nitrogen and oxygen atoms in total. The highest BCUT2D eigenvalue weighted by atomic mass is 16.5. The Morgan fingerprint density at radius 3 is 2.70 bits per heavy atom. The molecule has 0 aliphatic rings. The summed E-state index contributed by atoms with van der Waals surface area (Å²) in [6.45, 7) is 7.61. The summed E-state index contributed by atoms with van der Waals surface area (Å²) in [5.41, 5.74) is 8.01. The van der Waals surface area contributed by atoms with E-state index < -0.39 is 0 Å². The maximum atomic E-state index is 6.02. The Balaban J connectivity index is 2.31. The maximum Gasteiger partial charge on any atom is 0.142 e. The summed E-state index contributed by atoms with van der Waals surface area (Å²) in [7, 11) is 1.72. The average Bonchev–Trinajstić information content (AvgIpc) is 2.41. The van der Waals surface area contributed by atoms with Gasteiger partial charge < -0.3 is 20.5 Å². The summed E-state index contributed by atoms with van der Waals surface area (Å²) in [6.07, 6.45) is 2.12. The Morgan fingerprint density at radius 1 is 1.25 bits per heavy atom. The lowest BCUT2D eigenvalue weighted by molar-refractivity contribution is 0.199. The Kier molecular flexibility index (Phi) is 8.07. The number of ether oxygens (including phenoxy) is 2. The van der Waals surface area contributed by atoms with Gasteiger partial charge in [-0.1, -0.05) is 19.9 Å². The van der Waals surface area contributed by atoms with Crippen molar-refractivity contribution in [2.45, 2.75) is 26.7 Å². The summed E-state index contributed by atoms with van der Waals surface area (Å²) in [4.78, 5) is 0.